The fourth-order valence-corrected chi connectivity index (χ4v) is 6.97. The van der Waals surface area contributed by atoms with Gasteiger partial charge in [-0.05, 0) is 28.9 Å². The molecule has 3 heteroatoms. The van der Waals surface area contributed by atoms with Crippen molar-refractivity contribution in [1.82, 2.24) is 4.42 Å². The van der Waals surface area contributed by atoms with Crippen LogP contribution < -0.4 is 0 Å². The van der Waals surface area contributed by atoms with Gasteiger partial charge in [0, 0.05) is 28.6 Å². The largest absolute Gasteiger partial charge is 0.285 e. The van der Waals surface area contributed by atoms with Crippen molar-refractivity contribution in [2.75, 3.05) is 6.54 Å². The SMILES string of the molecule is CCCCC1SC2=CCN(Cl)C3=CC=CC(c4ccccc4)C23C1C. The second-order valence-electron chi connectivity index (χ2n) is 7.39. The molecule has 2 aliphatic heterocycles. The van der Waals surface area contributed by atoms with E-state index in [4.69, 9.17) is 11.8 Å². The molecule has 1 spiro atoms. The van der Waals surface area contributed by atoms with Crippen LogP contribution in [0.4, 0.5) is 0 Å². The quantitative estimate of drug-likeness (QED) is 0.555. The highest BCUT2D eigenvalue weighted by Gasteiger charge is 2.59. The van der Waals surface area contributed by atoms with E-state index in [-0.39, 0.29) is 5.41 Å². The van der Waals surface area contributed by atoms with E-state index in [0.717, 1.165) is 6.54 Å². The average Bonchev–Trinajstić information content (AvgIpc) is 2.93. The molecule has 1 fully saturated rings. The highest BCUT2D eigenvalue weighted by atomic mass is 35.5. The lowest BCUT2D eigenvalue weighted by atomic mass is 9.59. The van der Waals surface area contributed by atoms with Gasteiger partial charge in [-0.15, -0.1) is 11.8 Å². The van der Waals surface area contributed by atoms with E-state index < -0.39 is 0 Å². The third-order valence-corrected chi connectivity index (χ3v) is 8.16. The van der Waals surface area contributed by atoms with Gasteiger partial charge in [-0.1, -0.05) is 75.2 Å². The smallest absolute Gasteiger partial charge is 0.0561 e. The third kappa shape index (κ3) is 2.61. The Morgan fingerprint density at radius 2 is 2.08 bits per heavy atom. The summed E-state index contributed by atoms with van der Waals surface area (Å²) in [7, 11) is 0. The third-order valence-electron chi connectivity index (χ3n) is 6.13. The molecular formula is C22H26ClNS. The molecule has 1 nitrogen and oxygen atoms in total. The summed E-state index contributed by atoms with van der Waals surface area (Å²) in [6.45, 7) is 5.55. The molecule has 4 unspecified atom stereocenters. The fourth-order valence-electron chi connectivity index (χ4n) is 4.89. The summed E-state index contributed by atoms with van der Waals surface area (Å²) in [5.74, 6) is 0.925. The first-order valence-electron chi connectivity index (χ1n) is 9.44. The Balaban J connectivity index is 1.83. The molecule has 4 rings (SSSR count). The zero-order chi connectivity index (χ0) is 17.4. The molecule has 0 amide bonds. The number of hydrogen-bond acceptors (Lipinski definition) is 2. The van der Waals surface area contributed by atoms with Crippen LogP contribution in [-0.4, -0.2) is 16.2 Å². The first kappa shape index (κ1) is 17.3. The van der Waals surface area contributed by atoms with E-state index in [9.17, 15) is 0 Å². The maximum absolute atomic E-state index is 6.70. The molecule has 1 aliphatic carbocycles. The Morgan fingerprint density at radius 1 is 1.28 bits per heavy atom. The zero-order valence-electron chi connectivity index (χ0n) is 15.0. The lowest BCUT2D eigenvalue weighted by Crippen LogP contribution is -2.44. The monoisotopic (exact) mass is 371 g/mol. The average molecular weight is 372 g/mol. The normalized spacial score (nSPS) is 33.6. The molecule has 25 heavy (non-hydrogen) atoms. The van der Waals surface area contributed by atoms with Crippen molar-refractivity contribution in [3.05, 3.63) is 70.8 Å². The van der Waals surface area contributed by atoms with Crippen LogP contribution in [0.1, 0.15) is 44.6 Å². The molecule has 0 radical (unpaired) electrons. The Labute approximate surface area is 160 Å². The van der Waals surface area contributed by atoms with Gasteiger partial charge in [0.15, 0.2) is 0 Å². The van der Waals surface area contributed by atoms with Crippen LogP contribution in [0.3, 0.4) is 0 Å². The van der Waals surface area contributed by atoms with E-state index in [0.29, 0.717) is 17.1 Å². The number of allylic oxidation sites excluding steroid dienone is 4. The van der Waals surface area contributed by atoms with E-state index in [2.05, 4.69) is 80.2 Å². The number of unbranched alkanes of at least 4 members (excludes halogenated alkanes) is 1. The van der Waals surface area contributed by atoms with Gasteiger partial charge in [-0.2, -0.15) is 0 Å². The van der Waals surface area contributed by atoms with Crippen molar-refractivity contribution in [3.63, 3.8) is 0 Å². The summed E-state index contributed by atoms with van der Waals surface area (Å²) >= 11 is 8.82. The van der Waals surface area contributed by atoms with Gasteiger partial charge < -0.3 is 0 Å². The number of benzene rings is 1. The maximum atomic E-state index is 6.70. The number of thioether (sulfide) groups is 1. The van der Waals surface area contributed by atoms with Crippen molar-refractivity contribution in [2.24, 2.45) is 11.3 Å². The van der Waals surface area contributed by atoms with Gasteiger partial charge in [0.25, 0.3) is 0 Å². The molecular weight excluding hydrogens is 346 g/mol. The Kier molecular flexibility index (Phi) is 4.77. The number of halogens is 1. The van der Waals surface area contributed by atoms with Crippen molar-refractivity contribution in [2.45, 2.75) is 44.3 Å². The molecule has 1 aromatic carbocycles. The van der Waals surface area contributed by atoms with E-state index in [1.165, 1.54) is 30.5 Å². The molecule has 0 aromatic heterocycles. The molecule has 2 heterocycles. The molecule has 1 aromatic rings. The summed E-state index contributed by atoms with van der Waals surface area (Å²) in [6, 6.07) is 11.0. The summed E-state index contributed by atoms with van der Waals surface area (Å²) in [4.78, 5) is 1.54. The predicted molar refractivity (Wildman–Crippen MR) is 110 cm³/mol. The Hall–Kier alpha value is -1.12. The lowest BCUT2D eigenvalue weighted by Gasteiger charge is -2.49. The van der Waals surface area contributed by atoms with Crippen LogP contribution in [0.5, 0.6) is 0 Å². The van der Waals surface area contributed by atoms with Gasteiger partial charge >= 0.3 is 0 Å². The topological polar surface area (TPSA) is 3.24 Å². The maximum Gasteiger partial charge on any atom is 0.0561 e. The fraction of sp³-hybridized carbons (Fsp3) is 0.455. The Morgan fingerprint density at radius 3 is 2.84 bits per heavy atom. The molecule has 3 aliphatic rings. The summed E-state index contributed by atoms with van der Waals surface area (Å²) in [6.07, 6.45) is 13.1. The summed E-state index contributed by atoms with van der Waals surface area (Å²) in [5.41, 5.74) is 2.69. The van der Waals surface area contributed by atoms with Gasteiger partial charge in [-0.25, -0.2) is 0 Å². The zero-order valence-corrected chi connectivity index (χ0v) is 16.6. The predicted octanol–water partition coefficient (Wildman–Crippen LogP) is 6.51. The van der Waals surface area contributed by atoms with Crippen LogP contribution in [-0.2, 0) is 0 Å². The lowest BCUT2D eigenvalue weighted by molar-refractivity contribution is 0.218. The van der Waals surface area contributed by atoms with Crippen molar-refractivity contribution in [1.29, 1.82) is 0 Å². The van der Waals surface area contributed by atoms with Crippen LogP contribution in [0, 0.1) is 11.3 Å². The molecule has 0 bridgehead atoms. The van der Waals surface area contributed by atoms with Crippen LogP contribution in [0.2, 0.25) is 0 Å². The molecule has 1 saturated heterocycles. The van der Waals surface area contributed by atoms with Gasteiger partial charge in [-0.3, -0.25) is 4.42 Å². The Bertz CT molecular complexity index is 723. The second-order valence-corrected chi connectivity index (χ2v) is 9.08. The minimum Gasteiger partial charge on any atom is -0.285 e. The van der Waals surface area contributed by atoms with Crippen LogP contribution in [0.15, 0.2) is 65.2 Å². The van der Waals surface area contributed by atoms with Gasteiger partial charge in [0.2, 0.25) is 0 Å². The molecule has 0 saturated carbocycles. The summed E-state index contributed by atoms with van der Waals surface area (Å²) in [5, 5.41) is 0.676. The minimum atomic E-state index is -0.000815. The van der Waals surface area contributed by atoms with E-state index in [1.54, 1.807) is 4.91 Å². The second kappa shape index (κ2) is 6.89. The number of rotatable bonds is 4. The molecule has 4 atom stereocenters. The highest BCUT2D eigenvalue weighted by molar-refractivity contribution is 8.04. The van der Waals surface area contributed by atoms with Crippen molar-refractivity contribution >= 4 is 23.5 Å². The molecule has 132 valence electrons. The van der Waals surface area contributed by atoms with Crippen LogP contribution in [0.25, 0.3) is 0 Å². The van der Waals surface area contributed by atoms with Gasteiger partial charge in [0.1, 0.15) is 0 Å². The van der Waals surface area contributed by atoms with Gasteiger partial charge in [0.05, 0.1) is 12.0 Å². The standard InChI is InChI=1S/C22H26ClNS/c1-3-4-12-19-16(2)22-18(17-9-6-5-7-10-17)11-8-13-20(22)24(23)15-14-21(22)25-19/h5-11,13-14,16,18-19H,3-4,12,15H2,1-2H3. The van der Waals surface area contributed by atoms with Crippen molar-refractivity contribution in [3.8, 4) is 0 Å². The first-order chi connectivity index (χ1) is 12.2. The van der Waals surface area contributed by atoms with Crippen molar-refractivity contribution < 1.29 is 0 Å². The minimum absolute atomic E-state index is 0.000815. The summed E-state index contributed by atoms with van der Waals surface area (Å²) < 4.78 is 1.95. The van der Waals surface area contributed by atoms with E-state index >= 15 is 0 Å². The highest BCUT2D eigenvalue weighted by Crippen LogP contribution is 2.68. The van der Waals surface area contributed by atoms with Crippen LogP contribution >= 0.6 is 23.5 Å². The molecule has 0 N–H and O–H groups in total. The first-order valence-corrected chi connectivity index (χ1v) is 10.7. The number of hydrogen-bond donors (Lipinski definition) is 0. The van der Waals surface area contributed by atoms with E-state index in [1.807, 2.05) is 4.42 Å². The number of nitrogens with zero attached hydrogens (tertiary/aromatic N) is 1.